The Morgan fingerprint density at radius 3 is 2.86 bits per heavy atom. The molecule has 2 aromatic heterocycles. The monoisotopic (exact) mass is 455 g/mol. The van der Waals surface area contributed by atoms with Crippen molar-refractivity contribution < 1.29 is 14.0 Å². The van der Waals surface area contributed by atoms with E-state index in [-0.39, 0.29) is 30.0 Å². The van der Waals surface area contributed by atoms with E-state index in [9.17, 15) is 9.59 Å². The molecule has 1 aromatic carbocycles. The van der Waals surface area contributed by atoms with Crippen LogP contribution in [0.5, 0.6) is 0 Å². The van der Waals surface area contributed by atoms with Gasteiger partial charge in [-0.3, -0.25) is 19.5 Å². The van der Waals surface area contributed by atoms with Gasteiger partial charge in [-0.2, -0.15) is 0 Å². The molecule has 3 aromatic rings. The van der Waals surface area contributed by atoms with Crippen LogP contribution >= 0.6 is 15.9 Å². The number of pyridine rings is 1. The highest BCUT2D eigenvalue weighted by atomic mass is 79.9. The Kier molecular flexibility index (Phi) is 4.62. The molecule has 0 spiro atoms. The van der Waals surface area contributed by atoms with Gasteiger partial charge in [-0.25, -0.2) is 4.99 Å². The van der Waals surface area contributed by atoms with Crippen LogP contribution < -0.4 is 11.1 Å². The Hall–Kier alpha value is -3.20. The summed E-state index contributed by atoms with van der Waals surface area (Å²) < 4.78 is 6.53. The van der Waals surface area contributed by atoms with Crippen LogP contribution in [0.25, 0.3) is 11.0 Å². The van der Waals surface area contributed by atoms with Crippen molar-refractivity contribution >= 4 is 50.4 Å². The number of nitrogens with zero attached hydrogens (tertiary/aromatic N) is 3. The molecule has 3 heterocycles. The molecule has 0 aliphatic carbocycles. The van der Waals surface area contributed by atoms with Crippen LogP contribution in [0.15, 0.2) is 56.5 Å². The van der Waals surface area contributed by atoms with E-state index in [1.165, 1.54) is 4.90 Å². The molecule has 0 fully saturated rings. The molecular weight excluding hydrogens is 438 g/mol. The normalized spacial score (nSPS) is 19.3. The number of benzene rings is 1. The fraction of sp³-hybridized carbons (Fsp3) is 0.200. The molecule has 29 heavy (non-hydrogen) atoms. The predicted molar refractivity (Wildman–Crippen MR) is 112 cm³/mol. The molecule has 0 bridgehead atoms. The van der Waals surface area contributed by atoms with E-state index >= 15 is 0 Å². The topological polar surface area (TPSA) is 114 Å². The van der Waals surface area contributed by atoms with Gasteiger partial charge in [-0.1, -0.05) is 15.9 Å². The first kappa shape index (κ1) is 19.1. The van der Waals surface area contributed by atoms with Crippen molar-refractivity contribution in [3.63, 3.8) is 0 Å². The minimum Gasteiger partial charge on any atom is -0.451 e. The first-order chi connectivity index (χ1) is 13.7. The van der Waals surface area contributed by atoms with Gasteiger partial charge in [0.15, 0.2) is 11.7 Å². The second kappa shape index (κ2) is 7.00. The molecule has 0 radical (unpaired) electrons. The molecule has 1 unspecified atom stereocenters. The minimum absolute atomic E-state index is 0.132. The van der Waals surface area contributed by atoms with Crippen LogP contribution in [-0.2, 0) is 10.3 Å². The Morgan fingerprint density at radius 2 is 2.10 bits per heavy atom. The number of nitrogens with two attached hydrogens (primary N) is 1. The van der Waals surface area contributed by atoms with Gasteiger partial charge in [0.25, 0.3) is 5.91 Å². The van der Waals surface area contributed by atoms with E-state index in [4.69, 9.17) is 10.2 Å². The zero-order valence-corrected chi connectivity index (χ0v) is 17.4. The van der Waals surface area contributed by atoms with Crippen LogP contribution in [0.3, 0.4) is 0 Å². The quantitative estimate of drug-likeness (QED) is 0.628. The van der Waals surface area contributed by atoms with Crippen molar-refractivity contribution in [2.24, 2.45) is 10.7 Å². The summed E-state index contributed by atoms with van der Waals surface area (Å²) >= 11 is 3.40. The first-order valence-corrected chi connectivity index (χ1v) is 9.63. The van der Waals surface area contributed by atoms with Gasteiger partial charge >= 0.3 is 0 Å². The number of carbonyl (C=O) groups excluding carboxylic acids is 2. The molecule has 3 N–H and O–H groups in total. The molecule has 9 heteroatoms. The fourth-order valence-electron chi connectivity index (χ4n) is 3.18. The number of fused-ring (bicyclic) bond motifs is 1. The summed E-state index contributed by atoms with van der Waals surface area (Å²) in [4.78, 5) is 34.9. The SMILES string of the molecule is CN1C(=O)CC(C)(c2cc(NC(=O)c3cc4cc(Br)ccc4o3)ccn2)N=C1N. The summed E-state index contributed by atoms with van der Waals surface area (Å²) in [6.45, 7) is 1.79. The van der Waals surface area contributed by atoms with E-state index in [1.807, 2.05) is 12.1 Å². The highest BCUT2D eigenvalue weighted by molar-refractivity contribution is 9.10. The van der Waals surface area contributed by atoms with Crippen LogP contribution in [-0.4, -0.2) is 34.7 Å². The third kappa shape index (κ3) is 3.61. The standard InChI is InChI=1S/C20H18BrN5O3/c1-20(10-17(27)26(2)19(22)25-20)16-9-13(5-6-23-16)24-18(28)15-8-11-7-12(21)3-4-14(11)29-15/h3-9H,10H2,1-2H3,(H2,22,25)(H,23,24,28). The Labute approximate surface area is 174 Å². The smallest absolute Gasteiger partial charge is 0.291 e. The lowest BCUT2D eigenvalue weighted by atomic mass is 9.91. The number of nitrogens with one attached hydrogen (secondary N) is 1. The zero-order valence-electron chi connectivity index (χ0n) is 15.8. The average molecular weight is 456 g/mol. The molecule has 1 aliphatic heterocycles. The van der Waals surface area contributed by atoms with E-state index in [0.29, 0.717) is 17.0 Å². The number of amides is 2. The molecule has 8 nitrogen and oxygen atoms in total. The van der Waals surface area contributed by atoms with E-state index in [2.05, 4.69) is 31.2 Å². The number of hydrogen-bond acceptors (Lipinski definition) is 6. The summed E-state index contributed by atoms with van der Waals surface area (Å²) in [6.07, 6.45) is 1.69. The molecular formula is C20H18BrN5O3. The molecule has 1 aliphatic rings. The number of guanidine groups is 1. The van der Waals surface area contributed by atoms with Crippen molar-refractivity contribution in [1.29, 1.82) is 0 Å². The molecule has 148 valence electrons. The van der Waals surface area contributed by atoms with E-state index < -0.39 is 5.54 Å². The molecule has 2 amide bonds. The number of aliphatic imine (C=N–C) groups is 1. The van der Waals surface area contributed by atoms with Crippen molar-refractivity contribution in [1.82, 2.24) is 9.88 Å². The maximum Gasteiger partial charge on any atom is 0.291 e. The third-order valence-corrected chi connectivity index (χ3v) is 5.34. The Bertz CT molecular complexity index is 1170. The zero-order chi connectivity index (χ0) is 20.8. The predicted octanol–water partition coefficient (Wildman–Crippen LogP) is 3.23. The number of anilines is 1. The van der Waals surface area contributed by atoms with Gasteiger partial charge in [-0.15, -0.1) is 0 Å². The van der Waals surface area contributed by atoms with Gasteiger partial charge in [0.2, 0.25) is 5.91 Å². The van der Waals surface area contributed by atoms with Gasteiger partial charge in [-0.05, 0) is 43.3 Å². The lowest BCUT2D eigenvalue weighted by Crippen LogP contribution is -2.47. The number of furan rings is 1. The Morgan fingerprint density at radius 1 is 1.31 bits per heavy atom. The van der Waals surface area contributed by atoms with Crippen molar-refractivity contribution in [3.8, 4) is 0 Å². The van der Waals surface area contributed by atoms with Gasteiger partial charge in [0, 0.05) is 28.8 Å². The second-order valence-electron chi connectivity index (χ2n) is 7.05. The highest BCUT2D eigenvalue weighted by Crippen LogP contribution is 2.32. The summed E-state index contributed by atoms with van der Waals surface area (Å²) in [5.41, 5.74) is 6.64. The molecule has 1 atom stereocenters. The van der Waals surface area contributed by atoms with Gasteiger partial charge in [0.1, 0.15) is 11.1 Å². The average Bonchev–Trinajstić information content (AvgIpc) is 3.09. The number of hydrogen-bond donors (Lipinski definition) is 2. The third-order valence-electron chi connectivity index (χ3n) is 4.85. The maximum atomic E-state index is 12.6. The maximum absolute atomic E-state index is 12.6. The lowest BCUT2D eigenvalue weighted by Gasteiger charge is -2.32. The van der Waals surface area contributed by atoms with Crippen molar-refractivity contribution in [2.75, 3.05) is 12.4 Å². The second-order valence-corrected chi connectivity index (χ2v) is 7.97. The van der Waals surface area contributed by atoms with E-state index in [0.717, 1.165) is 9.86 Å². The highest BCUT2D eigenvalue weighted by Gasteiger charge is 2.37. The van der Waals surface area contributed by atoms with E-state index in [1.54, 1.807) is 44.4 Å². The molecule has 0 saturated heterocycles. The van der Waals surface area contributed by atoms with Crippen LogP contribution in [0, 0.1) is 0 Å². The van der Waals surface area contributed by atoms with Crippen molar-refractivity contribution in [3.05, 3.63) is 58.5 Å². The van der Waals surface area contributed by atoms with Gasteiger partial charge in [0.05, 0.1) is 12.1 Å². The number of rotatable bonds is 3. The first-order valence-electron chi connectivity index (χ1n) is 8.84. The van der Waals surface area contributed by atoms with Crippen LogP contribution in [0.4, 0.5) is 5.69 Å². The summed E-state index contributed by atoms with van der Waals surface area (Å²) in [5.74, 6) is -0.209. The van der Waals surface area contributed by atoms with Crippen LogP contribution in [0.1, 0.15) is 29.6 Å². The molecule has 4 rings (SSSR count). The number of halogens is 1. The minimum atomic E-state index is -0.903. The van der Waals surface area contributed by atoms with Crippen LogP contribution in [0.2, 0.25) is 0 Å². The lowest BCUT2D eigenvalue weighted by molar-refractivity contribution is -0.128. The fourth-order valence-corrected chi connectivity index (χ4v) is 3.56. The van der Waals surface area contributed by atoms with Gasteiger partial charge < -0.3 is 15.5 Å². The summed E-state index contributed by atoms with van der Waals surface area (Å²) in [6, 6.07) is 10.5. The van der Waals surface area contributed by atoms with Crippen molar-refractivity contribution in [2.45, 2.75) is 18.9 Å². The summed E-state index contributed by atoms with van der Waals surface area (Å²) in [7, 11) is 1.58. The number of carbonyl (C=O) groups is 2. The summed E-state index contributed by atoms with van der Waals surface area (Å²) in [5, 5.41) is 3.62. The Balaban J connectivity index is 1.60. The molecule has 0 saturated carbocycles. The largest absolute Gasteiger partial charge is 0.451 e. The number of aromatic nitrogens is 1.